The summed E-state index contributed by atoms with van der Waals surface area (Å²) >= 11 is 0. The molecule has 0 bridgehead atoms. The second kappa shape index (κ2) is 4.62. The highest BCUT2D eigenvalue weighted by Crippen LogP contribution is 2.31. The minimum atomic E-state index is -3.46. The van der Waals surface area contributed by atoms with Crippen molar-refractivity contribution in [3.63, 3.8) is 0 Å². The van der Waals surface area contributed by atoms with E-state index < -0.39 is 10.0 Å². The first kappa shape index (κ1) is 12.3. The van der Waals surface area contributed by atoms with Crippen LogP contribution in [0.3, 0.4) is 0 Å². The third-order valence-electron chi connectivity index (χ3n) is 2.86. The number of rotatable bonds is 5. The van der Waals surface area contributed by atoms with Gasteiger partial charge < -0.3 is 5.32 Å². The zero-order chi connectivity index (χ0) is 12.5. The van der Waals surface area contributed by atoms with E-state index in [1.807, 2.05) is 13.8 Å². The molecule has 0 spiro atoms. The molecule has 2 atom stereocenters. The van der Waals surface area contributed by atoms with E-state index in [1.165, 1.54) is 6.20 Å². The molecule has 1 aliphatic rings. The minimum Gasteiger partial charge on any atom is -0.384 e. The summed E-state index contributed by atoms with van der Waals surface area (Å²) < 4.78 is 27.0. The molecule has 0 amide bonds. The van der Waals surface area contributed by atoms with E-state index >= 15 is 0 Å². The molecular weight excluding hydrogens is 238 g/mol. The van der Waals surface area contributed by atoms with Gasteiger partial charge >= 0.3 is 0 Å². The lowest BCUT2D eigenvalue weighted by atomic mass is 10.4. The normalized spacial score (nSPS) is 23.4. The Morgan fingerprint density at radius 2 is 2.24 bits per heavy atom. The summed E-state index contributed by atoms with van der Waals surface area (Å²) in [4.78, 5) is 4.10. The Kier molecular flexibility index (Phi) is 3.35. The van der Waals surface area contributed by atoms with Gasteiger partial charge in [0.1, 0.15) is 4.90 Å². The van der Waals surface area contributed by atoms with Crippen LogP contribution in [-0.4, -0.2) is 26.0 Å². The lowest BCUT2D eigenvalue weighted by Gasteiger charge is -2.11. The van der Waals surface area contributed by atoms with Crippen LogP contribution in [-0.2, 0) is 10.0 Å². The van der Waals surface area contributed by atoms with Crippen molar-refractivity contribution in [1.29, 1.82) is 0 Å². The van der Waals surface area contributed by atoms with E-state index in [1.54, 1.807) is 12.3 Å². The van der Waals surface area contributed by atoms with Crippen molar-refractivity contribution < 1.29 is 8.42 Å². The maximum absolute atomic E-state index is 12.1. The van der Waals surface area contributed by atoms with Crippen molar-refractivity contribution in [3.8, 4) is 0 Å². The van der Waals surface area contributed by atoms with Gasteiger partial charge in [-0.2, -0.15) is 0 Å². The number of sulfonamides is 1. The number of nitrogens with one attached hydrogen (secondary N) is 2. The maximum Gasteiger partial charge on any atom is 0.244 e. The third kappa shape index (κ3) is 2.76. The zero-order valence-corrected chi connectivity index (χ0v) is 10.8. The largest absolute Gasteiger partial charge is 0.384 e. The van der Waals surface area contributed by atoms with Crippen LogP contribution in [0, 0.1) is 5.92 Å². The first-order chi connectivity index (χ1) is 8.04. The molecule has 0 saturated heterocycles. The first-order valence-electron chi connectivity index (χ1n) is 5.75. The van der Waals surface area contributed by atoms with Gasteiger partial charge in [-0.1, -0.05) is 6.92 Å². The fourth-order valence-electron chi connectivity index (χ4n) is 1.68. The van der Waals surface area contributed by atoms with Gasteiger partial charge in [0.05, 0.1) is 5.69 Å². The Morgan fingerprint density at radius 1 is 1.53 bits per heavy atom. The Balaban J connectivity index is 2.25. The summed E-state index contributed by atoms with van der Waals surface area (Å²) in [6.45, 7) is 4.63. The van der Waals surface area contributed by atoms with E-state index in [2.05, 4.69) is 15.0 Å². The molecule has 6 heteroatoms. The number of pyridine rings is 1. The molecule has 1 saturated carbocycles. The average molecular weight is 255 g/mol. The van der Waals surface area contributed by atoms with E-state index in [0.717, 1.165) is 6.42 Å². The number of aromatic nitrogens is 1. The van der Waals surface area contributed by atoms with Crippen LogP contribution in [0.5, 0.6) is 0 Å². The maximum atomic E-state index is 12.1. The Bertz CT molecular complexity index is 501. The van der Waals surface area contributed by atoms with Gasteiger partial charge in [-0.25, -0.2) is 13.1 Å². The van der Waals surface area contributed by atoms with Crippen molar-refractivity contribution >= 4 is 15.7 Å². The summed E-state index contributed by atoms with van der Waals surface area (Å²) in [5.74, 6) is 0.434. The molecule has 0 aliphatic heterocycles. The first-order valence-corrected chi connectivity index (χ1v) is 7.23. The van der Waals surface area contributed by atoms with Crippen molar-refractivity contribution in [2.75, 3.05) is 11.9 Å². The van der Waals surface area contributed by atoms with Gasteiger partial charge in [0.25, 0.3) is 0 Å². The predicted octanol–water partition coefficient (Wildman–Crippen LogP) is 1.20. The molecule has 2 unspecified atom stereocenters. The van der Waals surface area contributed by atoms with Crippen molar-refractivity contribution in [1.82, 2.24) is 9.71 Å². The van der Waals surface area contributed by atoms with Crippen LogP contribution >= 0.6 is 0 Å². The van der Waals surface area contributed by atoms with Gasteiger partial charge in [0.2, 0.25) is 10.0 Å². The molecule has 17 heavy (non-hydrogen) atoms. The van der Waals surface area contributed by atoms with Crippen molar-refractivity contribution in [3.05, 3.63) is 18.5 Å². The highest BCUT2D eigenvalue weighted by atomic mass is 32.2. The van der Waals surface area contributed by atoms with Crippen molar-refractivity contribution in [2.45, 2.75) is 31.2 Å². The molecule has 5 nitrogen and oxygen atoms in total. The van der Waals surface area contributed by atoms with Crippen LogP contribution in [0.25, 0.3) is 0 Å². The van der Waals surface area contributed by atoms with Crippen LogP contribution in [0.4, 0.5) is 5.69 Å². The van der Waals surface area contributed by atoms with Gasteiger partial charge in [-0.3, -0.25) is 4.98 Å². The summed E-state index contributed by atoms with van der Waals surface area (Å²) in [5.41, 5.74) is 0.600. The Morgan fingerprint density at radius 3 is 2.82 bits per heavy atom. The summed E-state index contributed by atoms with van der Waals surface area (Å²) in [6, 6.07) is 1.75. The second-order valence-corrected chi connectivity index (χ2v) is 6.03. The Labute approximate surface area is 102 Å². The van der Waals surface area contributed by atoms with Gasteiger partial charge in [-0.15, -0.1) is 0 Å². The predicted molar refractivity (Wildman–Crippen MR) is 66.3 cm³/mol. The van der Waals surface area contributed by atoms with E-state index in [9.17, 15) is 8.42 Å². The molecule has 0 radical (unpaired) electrons. The molecule has 2 N–H and O–H groups in total. The van der Waals surface area contributed by atoms with E-state index in [-0.39, 0.29) is 10.9 Å². The highest BCUT2D eigenvalue weighted by Gasteiger charge is 2.37. The number of anilines is 1. The number of nitrogens with zero attached hydrogens (tertiary/aromatic N) is 1. The van der Waals surface area contributed by atoms with E-state index in [4.69, 9.17) is 0 Å². The standard InChI is InChI=1S/C11H17N3O2S/c1-3-13-9-4-5-12-7-11(9)17(15,16)14-10-6-8(10)2/h4-5,7-8,10,14H,3,6H2,1-2H3,(H,12,13). The van der Waals surface area contributed by atoms with E-state index in [0.29, 0.717) is 18.2 Å². The minimum absolute atomic E-state index is 0.0784. The number of hydrogen-bond acceptors (Lipinski definition) is 4. The topological polar surface area (TPSA) is 71.1 Å². The third-order valence-corrected chi connectivity index (χ3v) is 4.37. The molecule has 1 aromatic heterocycles. The molecule has 1 heterocycles. The smallest absolute Gasteiger partial charge is 0.244 e. The Hall–Kier alpha value is -1.14. The summed E-state index contributed by atoms with van der Waals surface area (Å²) in [7, 11) is -3.46. The fraction of sp³-hybridized carbons (Fsp3) is 0.545. The van der Waals surface area contributed by atoms with Crippen LogP contribution in [0.1, 0.15) is 20.3 Å². The summed E-state index contributed by atoms with van der Waals surface area (Å²) in [6.07, 6.45) is 3.88. The average Bonchev–Trinajstić information content (AvgIpc) is 2.94. The monoisotopic (exact) mass is 255 g/mol. The highest BCUT2D eigenvalue weighted by molar-refractivity contribution is 7.89. The zero-order valence-electron chi connectivity index (χ0n) is 9.97. The lowest BCUT2D eigenvalue weighted by molar-refractivity contribution is 0.578. The quantitative estimate of drug-likeness (QED) is 0.829. The van der Waals surface area contributed by atoms with Gasteiger partial charge in [-0.05, 0) is 25.3 Å². The fourth-order valence-corrected chi connectivity index (χ4v) is 3.16. The molecule has 94 valence electrons. The van der Waals surface area contributed by atoms with Gasteiger partial charge in [0.15, 0.2) is 0 Å². The van der Waals surface area contributed by atoms with Crippen LogP contribution < -0.4 is 10.0 Å². The molecule has 1 aromatic rings. The second-order valence-electron chi connectivity index (χ2n) is 4.34. The SMILES string of the molecule is CCNc1ccncc1S(=O)(=O)NC1CC1C. The summed E-state index contributed by atoms with van der Waals surface area (Å²) in [5, 5.41) is 3.03. The number of hydrogen-bond donors (Lipinski definition) is 2. The molecule has 1 aliphatic carbocycles. The molecule has 1 fully saturated rings. The molecule has 0 aromatic carbocycles. The van der Waals surface area contributed by atoms with Crippen molar-refractivity contribution in [2.24, 2.45) is 5.92 Å². The van der Waals surface area contributed by atoms with Gasteiger partial charge in [0, 0.05) is 25.0 Å². The molecule has 2 rings (SSSR count). The van der Waals surface area contributed by atoms with Crippen LogP contribution in [0.15, 0.2) is 23.4 Å². The van der Waals surface area contributed by atoms with Crippen LogP contribution in [0.2, 0.25) is 0 Å². The molecular formula is C11H17N3O2S. The lowest BCUT2D eigenvalue weighted by Crippen LogP contribution is -2.27.